The molecule has 0 unspecified atom stereocenters. The van der Waals surface area contributed by atoms with E-state index in [1.807, 2.05) is 32.0 Å². The Morgan fingerprint density at radius 3 is 2.80 bits per heavy atom. The monoisotopic (exact) mass is 274 g/mol. The third-order valence-corrected chi connectivity index (χ3v) is 3.07. The molecule has 1 heterocycles. The van der Waals surface area contributed by atoms with E-state index in [1.165, 1.54) is 0 Å². The zero-order chi connectivity index (χ0) is 14.5. The van der Waals surface area contributed by atoms with Gasteiger partial charge in [0.15, 0.2) is 0 Å². The largest absolute Gasteiger partial charge is 0.353 e. The van der Waals surface area contributed by atoms with E-state index >= 15 is 0 Å². The van der Waals surface area contributed by atoms with Crippen LogP contribution in [0.25, 0.3) is 11.0 Å². The summed E-state index contributed by atoms with van der Waals surface area (Å²) < 4.78 is 2.17. The third-order valence-electron chi connectivity index (χ3n) is 3.07. The molecule has 0 atom stereocenters. The summed E-state index contributed by atoms with van der Waals surface area (Å²) in [6.07, 6.45) is 0. The van der Waals surface area contributed by atoms with Gasteiger partial charge in [-0.25, -0.2) is 4.98 Å². The third kappa shape index (κ3) is 3.36. The molecule has 20 heavy (non-hydrogen) atoms. The highest BCUT2D eigenvalue weighted by atomic mass is 16.1. The van der Waals surface area contributed by atoms with E-state index in [-0.39, 0.29) is 11.9 Å². The van der Waals surface area contributed by atoms with Gasteiger partial charge in [0.05, 0.1) is 24.1 Å². The van der Waals surface area contributed by atoms with Gasteiger partial charge in [0.25, 0.3) is 0 Å². The summed E-state index contributed by atoms with van der Waals surface area (Å²) in [5.74, 6) is 0.977. The van der Waals surface area contributed by atoms with Gasteiger partial charge in [-0.05, 0) is 32.9 Å². The SMILES string of the molecule is CCn1c(CNCC(=O)NC(C)C)nc2ccccc21. The number of nitrogens with zero attached hydrogens (tertiary/aromatic N) is 2. The van der Waals surface area contributed by atoms with Gasteiger partial charge in [-0.2, -0.15) is 0 Å². The van der Waals surface area contributed by atoms with Crippen LogP contribution in [0.2, 0.25) is 0 Å². The second-order valence-corrected chi connectivity index (χ2v) is 5.09. The number of aromatic nitrogens is 2. The highest BCUT2D eigenvalue weighted by Crippen LogP contribution is 2.15. The van der Waals surface area contributed by atoms with Crippen LogP contribution in [0.3, 0.4) is 0 Å². The number of rotatable bonds is 6. The molecule has 1 aromatic heterocycles. The lowest BCUT2D eigenvalue weighted by molar-refractivity contribution is -0.120. The number of para-hydroxylation sites is 2. The minimum Gasteiger partial charge on any atom is -0.353 e. The molecule has 108 valence electrons. The summed E-state index contributed by atoms with van der Waals surface area (Å²) in [4.78, 5) is 16.2. The fourth-order valence-electron chi connectivity index (χ4n) is 2.27. The molecule has 0 spiro atoms. The van der Waals surface area contributed by atoms with Gasteiger partial charge in [-0.15, -0.1) is 0 Å². The smallest absolute Gasteiger partial charge is 0.234 e. The van der Waals surface area contributed by atoms with Gasteiger partial charge in [0, 0.05) is 12.6 Å². The van der Waals surface area contributed by atoms with Crippen LogP contribution in [0.4, 0.5) is 0 Å². The molecule has 0 aliphatic carbocycles. The Labute approximate surface area is 119 Å². The molecule has 2 N–H and O–H groups in total. The van der Waals surface area contributed by atoms with E-state index in [9.17, 15) is 4.79 Å². The molecule has 0 aliphatic heterocycles. The van der Waals surface area contributed by atoms with Crippen LogP contribution in [-0.4, -0.2) is 28.0 Å². The molecule has 0 saturated heterocycles. The number of carbonyl (C=O) groups excluding carboxylic acids is 1. The van der Waals surface area contributed by atoms with Crippen molar-refractivity contribution in [1.29, 1.82) is 0 Å². The number of hydrogen-bond donors (Lipinski definition) is 2. The molecular weight excluding hydrogens is 252 g/mol. The summed E-state index contributed by atoms with van der Waals surface area (Å²) in [5, 5.41) is 6.00. The molecule has 1 amide bonds. The molecule has 0 fully saturated rings. The number of amides is 1. The van der Waals surface area contributed by atoms with Gasteiger partial charge < -0.3 is 15.2 Å². The van der Waals surface area contributed by atoms with Crippen LogP contribution in [0.5, 0.6) is 0 Å². The first kappa shape index (κ1) is 14.5. The van der Waals surface area contributed by atoms with Crippen LogP contribution < -0.4 is 10.6 Å². The van der Waals surface area contributed by atoms with Crippen LogP contribution in [0.15, 0.2) is 24.3 Å². The average Bonchev–Trinajstić information content (AvgIpc) is 2.75. The van der Waals surface area contributed by atoms with Crippen LogP contribution in [0, 0.1) is 0 Å². The van der Waals surface area contributed by atoms with Gasteiger partial charge >= 0.3 is 0 Å². The van der Waals surface area contributed by atoms with Crippen molar-refractivity contribution in [2.75, 3.05) is 6.54 Å². The minimum atomic E-state index is 0.0131. The average molecular weight is 274 g/mol. The number of hydrogen-bond acceptors (Lipinski definition) is 3. The second kappa shape index (κ2) is 6.52. The van der Waals surface area contributed by atoms with Crippen molar-refractivity contribution in [3.63, 3.8) is 0 Å². The van der Waals surface area contributed by atoms with Crippen molar-refractivity contribution in [3.05, 3.63) is 30.1 Å². The minimum absolute atomic E-state index is 0.0131. The van der Waals surface area contributed by atoms with Gasteiger partial charge in [-0.1, -0.05) is 12.1 Å². The van der Waals surface area contributed by atoms with Gasteiger partial charge in [0.2, 0.25) is 5.91 Å². The first-order valence-electron chi connectivity index (χ1n) is 7.06. The molecule has 2 rings (SSSR count). The Morgan fingerprint density at radius 2 is 2.10 bits per heavy atom. The molecule has 0 aliphatic rings. The van der Waals surface area contributed by atoms with E-state index in [2.05, 4.69) is 33.2 Å². The molecule has 2 aromatic rings. The Bertz CT molecular complexity index is 589. The standard InChI is InChI=1S/C15H22N4O/c1-4-19-13-8-6-5-7-12(13)18-14(19)9-16-10-15(20)17-11(2)3/h5-8,11,16H,4,9-10H2,1-3H3,(H,17,20). The van der Waals surface area contributed by atoms with E-state index in [0.717, 1.165) is 23.4 Å². The van der Waals surface area contributed by atoms with Crippen molar-refractivity contribution >= 4 is 16.9 Å². The first-order chi connectivity index (χ1) is 9.61. The zero-order valence-electron chi connectivity index (χ0n) is 12.3. The van der Waals surface area contributed by atoms with Crippen molar-refractivity contribution < 1.29 is 4.79 Å². The number of benzene rings is 1. The molecule has 0 bridgehead atoms. The molecule has 5 heteroatoms. The lowest BCUT2D eigenvalue weighted by atomic mass is 10.3. The molecule has 1 aromatic carbocycles. The van der Waals surface area contributed by atoms with Crippen molar-refractivity contribution in [1.82, 2.24) is 20.2 Å². The van der Waals surface area contributed by atoms with Crippen molar-refractivity contribution in [3.8, 4) is 0 Å². The maximum atomic E-state index is 11.6. The van der Waals surface area contributed by atoms with Crippen molar-refractivity contribution in [2.24, 2.45) is 0 Å². The summed E-state index contributed by atoms with van der Waals surface area (Å²) >= 11 is 0. The summed E-state index contributed by atoms with van der Waals surface area (Å²) in [5.41, 5.74) is 2.14. The lowest BCUT2D eigenvalue weighted by Crippen LogP contribution is -2.37. The summed E-state index contributed by atoms with van der Waals surface area (Å²) in [6.45, 7) is 7.78. The van der Waals surface area contributed by atoms with Crippen LogP contribution >= 0.6 is 0 Å². The second-order valence-electron chi connectivity index (χ2n) is 5.09. The molecule has 0 saturated carbocycles. The van der Waals surface area contributed by atoms with E-state index in [4.69, 9.17) is 0 Å². The van der Waals surface area contributed by atoms with Crippen LogP contribution in [0.1, 0.15) is 26.6 Å². The summed E-state index contributed by atoms with van der Waals surface area (Å²) in [7, 11) is 0. The predicted molar refractivity (Wildman–Crippen MR) is 80.4 cm³/mol. The molecule has 5 nitrogen and oxygen atoms in total. The number of fused-ring (bicyclic) bond motifs is 1. The number of nitrogens with one attached hydrogen (secondary N) is 2. The van der Waals surface area contributed by atoms with Crippen molar-refractivity contribution in [2.45, 2.75) is 39.9 Å². The zero-order valence-corrected chi connectivity index (χ0v) is 12.3. The molecule has 0 radical (unpaired) electrons. The topological polar surface area (TPSA) is 59.0 Å². The fraction of sp³-hybridized carbons (Fsp3) is 0.467. The predicted octanol–water partition coefficient (Wildman–Crippen LogP) is 1.67. The Kier molecular flexibility index (Phi) is 4.74. The Hall–Kier alpha value is -1.88. The van der Waals surface area contributed by atoms with Gasteiger partial charge in [0.1, 0.15) is 5.82 Å². The number of carbonyl (C=O) groups is 1. The van der Waals surface area contributed by atoms with E-state index in [0.29, 0.717) is 13.1 Å². The lowest BCUT2D eigenvalue weighted by Gasteiger charge is -2.10. The van der Waals surface area contributed by atoms with E-state index < -0.39 is 0 Å². The highest BCUT2D eigenvalue weighted by Gasteiger charge is 2.09. The maximum absolute atomic E-state index is 11.6. The highest BCUT2D eigenvalue weighted by molar-refractivity contribution is 5.78. The Balaban J connectivity index is 2.01. The normalized spacial score (nSPS) is 11.2. The number of imidazole rings is 1. The molecular formula is C15H22N4O. The fourth-order valence-corrected chi connectivity index (χ4v) is 2.27. The maximum Gasteiger partial charge on any atom is 0.234 e. The number of aryl methyl sites for hydroxylation is 1. The van der Waals surface area contributed by atoms with Gasteiger partial charge in [-0.3, -0.25) is 4.79 Å². The first-order valence-corrected chi connectivity index (χ1v) is 7.06. The summed E-state index contributed by atoms with van der Waals surface area (Å²) in [6, 6.07) is 8.26. The van der Waals surface area contributed by atoms with E-state index in [1.54, 1.807) is 0 Å². The quantitative estimate of drug-likeness (QED) is 0.842. The van der Waals surface area contributed by atoms with Crippen LogP contribution in [-0.2, 0) is 17.9 Å². The Morgan fingerprint density at radius 1 is 1.35 bits per heavy atom.